The summed E-state index contributed by atoms with van der Waals surface area (Å²) >= 11 is 0. The molecule has 0 unspecified atom stereocenters. The minimum atomic E-state index is -0.162. The van der Waals surface area contributed by atoms with Crippen LogP contribution in [-0.2, 0) is 9.59 Å². The fraction of sp³-hybridized carbons (Fsp3) is 0.417. The van der Waals surface area contributed by atoms with Crippen LogP contribution < -0.4 is 20.7 Å². The molecule has 0 aliphatic carbocycles. The Bertz CT molecular complexity index is 791. The van der Waals surface area contributed by atoms with Crippen molar-refractivity contribution in [1.82, 2.24) is 0 Å². The van der Waals surface area contributed by atoms with Gasteiger partial charge >= 0.3 is 0 Å². The number of amides is 2. The van der Waals surface area contributed by atoms with Gasteiger partial charge < -0.3 is 20.7 Å². The minimum Gasteiger partial charge on any atom is -0.494 e. The first-order valence-corrected chi connectivity index (χ1v) is 10.8. The van der Waals surface area contributed by atoms with Gasteiger partial charge in [0.15, 0.2) is 0 Å². The number of benzene rings is 2. The molecule has 0 saturated heterocycles. The van der Waals surface area contributed by atoms with E-state index in [0.29, 0.717) is 24.4 Å². The molecule has 6 heteroatoms. The van der Waals surface area contributed by atoms with Crippen LogP contribution in [0.15, 0.2) is 48.5 Å². The van der Waals surface area contributed by atoms with Crippen molar-refractivity contribution in [2.24, 2.45) is 0 Å². The molecule has 0 spiro atoms. The number of hydrogen-bond acceptors (Lipinski definition) is 4. The summed E-state index contributed by atoms with van der Waals surface area (Å²) in [5, 5.41) is 8.82. The molecular formula is C24H33N3O3. The van der Waals surface area contributed by atoms with Gasteiger partial charge in [0.25, 0.3) is 0 Å². The van der Waals surface area contributed by atoms with Gasteiger partial charge in [0.2, 0.25) is 11.8 Å². The van der Waals surface area contributed by atoms with Crippen LogP contribution in [0.5, 0.6) is 5.75 Å². The summed E-state index contributed by atoms with van der Waals surface area (Å²) in [7, 11) is 0. The van der Waals surface area contributed by atoms with Gasteiger partial charge in [-0.25, -0.2) is 0 Å². The van der Waals surface area contributed by atoms with Gasteiger partial charge in [0.05, 0.1) is 13.2 Å². The predicted molar refractivity (Wildman–Crippen MR) is 123 cm³/mol. The average Bonchev–Trinajstić information content (AvgIpc) is 2.74. The summed E-state index contributed by atoms with van der Waals surface area (Å²) in [6.07, 6.45) is 5.66. The number of rotatable bonds is 13. The highest BCUT2D eigenvalue weighted by atomic mass is 16.5. The first-order chi connectivity index (χ1) is 14.6. The van der Waals surface area contributed by atoms with Crippen LogP contribution >= 0.6 is 0 Å². The van der Waals surface area contributed by atoms with Crippen LogP contribution in [-0.4, -0.2) is 25.0 Å². The maximum atomic E-state index is 12.2. The maximum Gasteiger partial charge on any atom is 0.243 e. The SMILES string of the molecule is CCCCCC(=O)Nc1cccc(NC(=O)CNc2ccc(OCCCC)cc2)c1. The van der Waals surface area contributed by atoms with Gasteiger partial charge in [-0.05, 0) is 55.3 Å². The topological polar surface area (TPSA) is 79.5 Å². The summed E-state index contributed by atoms with van der Waals surface area (Å²) in [5.74, 6) is 0.660. The molecule has 0 aliphatic heterocycles. The van der Waals surface area contributed by atoms with Gasteiger partial charge in [-0.2, -0.15) is 0 Å². The van der Waals surface area contributed by atoms with E-state index in [0.717, 1.165) is 43.5 Å². The number of carbonyl (C=O) groups excluding carboxylic acids is 2. The van der Waals surface area contributed by atoms with Gasteiger partial charge in [-0.1, -0.05) is 39.2 Å². The van der Waals surface area contributed by atoms with Crippen LogP contribution in [0.2, 0.25) is 0 Å². The molecular weight excluding hydrogens is 378 g/mol. The quantitative estimate of drug-likeness (QED) is 0.384. The van der Waals surface area contributed by atoms with E-state index >= 15 is 0 Å². The van der Waals surface area contributed by atoms with Crippen molar-refractivity contribution in [3.8, 4) is 5.75 Å². The van der Waals surface area contributed by atoms with Gasteiger partial charge in [-0.15, -0.1) is 0 Å². The molecule has 0 saturated carbocycles. The minimum absolute atomic E-state index is 0.00397. The molecule has 0 heterocycles. The molecule has 30 heavy (non-hydrogen) atoms. The second-order valence-corrected chi connectivity index (χ2v) is 7.21. The number of ether oxygens (including phenoxy) is 1. The lowest BCUT2D eigenvalue weighted by Crippen LogP contribution is -2.21. The molecule has 0 radical (unpaired) electrons. The average molecular weight is 412 g/mol. The molecule has 2 aromatic carbocycles. The van der Waals surface area contributed by atoms with E-state index in [-0.39, 0.29) is 18.4 Å². The van der Waals surface area contributed by atoms with Crippen LogP contribution in [0, 0.1) is 0 Å². The fourth-order valence-electron chi connectivity index (χ4n) is 2.82. The van der Waals surface area contributed by atoms with Crippen molar-refractivity contribution in [2.45, 2.75) is 52.4 Å². The van der Waals surface area contributed by atoms with Crippen molar-refractivity contribution in [1.29, 1.82) is 0 Å². The normalized spacial score (nSPS) is 10.3. The lowest BCUT2D eigenvalue weighted by Gasteiger charge is -2.11. The van der Waals surface area contributed by atoms with Crippen LogP contribution in [0.25, 0.3) is 0 Å². The van der Waals surface area contributed by atoms with Crippen molar-refractivity contribution < 1.29 is 14.3 Å². The number of anilines is 3. The predicted octanol–water partition coefficient (Wildman–Crippen LogP) is 5.43. The third-order valence-corrected chi connectivity index (χ3v) is 4.51. The molecule has 0 aromatic heterocycles. The van der Waals surface area contributed by atoms with Crippen molar-refractivity contribution in [3.05, 3.63) is 48.5 Å². The summed E-state index contributed by atoms with van der Waals surface area (Å²) in [5.41, 5.74) is 2.18. The van der Waals surface area contributed by atoms with E-state index < -0.39 is 0 Å². The van der Waals surface area contributed by atoms with Gasteiger partial charge in [0, 0.05) is 23.5 Å². The first-order valence-electron chi connectivity index (χ1n) is 10.8. The third-order valence-electron chi connectivity index (χ3n) is 4.51. The van der Waals surface area contributed by atoms with Gasteiger partial charge in [-0.3, -0.25) is 9.59 Å². The number of nitrogens with one attached hydrogen (secondary N) is 3. The largest absolute Gasteiger partial charge is 0.494 e. The van der Waals surface area contributed by atoms with Crippen LogP contribution in [0.4, 0.5) is 17.1 Å². The summed E-state index contributed by atoms with van der Waals surface area (Å²) in [4.78, 5) is 24.2. The second-order valence-electron chi connectivity index (χ2n) is 7.21. The summed E-state index contributed by atoms with van der Waals surface area (Å²) < 4.78 is 5.63. The van der Waals surface area contributed by atoms with E-state index in [4.69, 9.17) is 4.74 Å². The van der Waals surface area contributed by atoms with E-state index in [2.05, 4.69) is 29.8 Å². The second kappa shape index (κ2) is 13.2. The Balaban J connectivity index is 1.77. The molecule has 2 rings (SSSR count). The summed E-state index contributed by atoms with van der Waals surface area (Å²) in [6, 6.07) is 14.8. The van der Waals surface area contributed by atoms with Crippen LogP contribution in [0.3, 0.4) is 0 Å². The highest BCUT2D eigenvalue weighted by Crippen LogP contribution is 2.17. The molecule has 162 valence electrons. The maximum absolute atomic E-state index is 12.2. The van der Waals surface area contributed by atoms with E-state index in [1.165, 1.54) is 0 Å². The smallest absolute Gasteiger partial charge is 0.243 e. The van der Waals surface area contributed by atoms with Crippen LogP contribution in [0.1, 0.15) is 52.4 Å². The molecule has 2 aromatic rings. The molecule has 2 amide bonds. The number of carbonyl (C=O) groups is 2. The first kappa shape index (κ1) is 23.3. The number of unbranched alkanes of at least 4 members (excludes halogenated alkanes) is 3. The fourth-order valence-corrected chi connectivity index (χ4v) is 2.82. The molecule has 0 atom stereocenters. The number of hydrogen-bond donors (Lipinski definition) is 3. The lowest BCUT2D eigenvalue weighted by molar-refractivity contribution is -0.116. The van der Waals surface area contributed by atoms with Crippen molar-refractivity contribution >= 4 is 28.9 Å². The molecule has 0 bridgehead atoms. The Hall–Kier alpha value is -3.02. The monoisotopic (exact) mass is 411 g/mol. The zero-order valence-electron chi connectivity index (χ0n) is 18.0. The Kier molecular flexibility index (Phi) is 10.3. The summed E-state index contributed by atoms with van der Waals surface area (Å²) in [6.45, 7) is 5.09. The Morgan fingerprint density at radius 2 is 1.47 bits per heavy atom. The van der Waals surface area contributed by atoms with E-state index in [9.17, 15) is 9.59 Å². The molecule has 3 N–H and O–H groups in total. The molecule has 6 nitrogen and oxygen atoms in total. The third kappa shape index (κ3) is 8.99. The molecule has 0 aliphatic rings. The van der Waals surface area contributed by atoms with Crippen molar-refractivity contribution in [3.63, 3.8) is 0 Å². The van der Waals surface area contributed by atoms with E-state index in [1.54, 1.807) is 12.1 Å². The lowest BCUT2D eigenvalue weighted by atomic mass is 10.2. The Morgan fingerprint density at radius 1 is 0.800 bits per heavy atom. The highest BCUT2D eigenvalue weighted by molar-refractivity contribution is 5.95. The Morgan fingerprint density at radius 3 is 2.13 bits per heavy atom. The van der Waals surface area contributed by atoms with E-state index in [1.807, 2.05) is 36.4 Å². The van der Waals surface area contributed by atoms with Gasteiger partial charge in [0.1, 0.15) is 5.75 Å². The zero-order valence-corrected chi connectivity index (χ0v) is 18.0. The zero-order chi connectivity index (χ0) is 21.6. The Labute approximate surface area is 179 Å². The standard InChI is InChI=1S/C24H33N3O3/c1-3-5-7-11-23(28)26-20-9-8-10-21(17-20)27-24(29)18-25-19-12-14-22(15-13-19)30-16-6-4-2/h8-10,12-15,17,25H,3-7,11,16,18H2,1-2H3,(H,26,28)(H,27,29). The molecule has 0 fully saturated rings. The highest BCUT2D eigenvalue weighted by Gasteiger charge is 2.06. The van der Waals surface area contributed by atoms with Crippen molar-refractivity contribution in [2.75, 3.05) is 29.1 Å².